The van der Waals surface area contributed by atoms with Gasteiger partial charge in [-0.15, -0.1) is 0 Å². The van der Waals surface area contributed by atoms with Crippen LogP contribution in [-0.4, -0.2) is 37.0 Å². The van der Waals surface area contributed by atoms with E-state index in [4.69, 9.17) is 16.0 Å². The Morgan fingerprint density at radius 3 is 2.64 bits per heavy atom. The Kier molecular flexibility index (Phi) is 8.95. The second-order valence-electron chi connectivity index (χ2n) is 5.04. The molecular formula is C15H20N6O4. The molecule has 0 aliphatic rings. The Labute approximate surface area is 144 Å². The molecule has 3 amide bonds. The van der Waals surface area contributed by atoms with Crippen LogP contribution in [0, 0.1) is 0 Å². The summed E-state index contributed by atoms with van der Waals surface area (Å²) in [6.45, 7) is -0.107. The van der Waals surface area contributed by atoms with Crippen molar-refractivity contribution in [1.29, 1.82) is 0 Å². The van der Waals surface area contributed by atoms with E-state index in [-0.39, 0.29) is 26.1 Å². The number of nitrogens with two attached hydrogens (primary N) is 1. The molecule has 0 spiro atoms. The molecule has 25 heavy (non-hydrogen) atoms. The summed E-state index contributed by atoms with van der Waals surface area (Å²) in [4.78, 5) is 37.3. The van der Waals surface area contributed by atoms with Gasteiger partial charge in [0.05, 0.1) is 6.54 Å². The van der Waals surface area contributed by atoms with Crippen molar-refractivity contribution in [2.45, 2.75) is 25.5 Å². The Balaban J connectivity index is 2.54. The number of carbonyl (C=O) groups excluding carboxylic acids is 3. The molecule has 1 aromatic rings. The molecule has 1 rings (SSSR count). The van der Waals surface area contributed by atoms with E-state index in [1.807, 2.05) is 18.2 Å². The number of ether oxygens (including phenoxy) is 1. The second kappa shape index (κ2) is 11.3. The van der Waals surface area contributed by atoms with Crippen molar-refractivity contribution in [1.82, 2.24) is 10.6 Å². The highest BCUT2D eigenvalue weighted by Gasteiger charge is 2.21. The van der Waals surface area contributed by atoms with E-state index >= 15 is 0 Å². The lowest BCUT2D eigenvalue weighted by Gasteiger charge is -2.17. The fraction of sp³-hybridized carbons (Fsp3) is 0.400. The van der Waals surface area contributed by atoms with Gasteiger partial charge < -0.3 is 21.1 Å². The van der Waals surface area contributed by atoms with Gasteiger partial charge in [-0.1, -0.05) is 35.4 Å². The molecule has 4 N–H and O–H groups in total. The maximum absolute atomic E-state index is 12.0. The fourth-order valence-electron chi connectivity index (χ4n) is 1.88. The number of carbonyl (C=O) groups is 3. The number of amides is 3. The van der Waals surface area contributed by atoms with E-state index in [9.17, 15) is 14.4 Å². The first kappa shape index (κ1) is 19.8. The van der Waals surface area contributed by atoms with Gasteiger partial charge in [0.2, 0.25) is 11.8 Å². The lowest BCUT2D eigenvalue weighted by atomic mass is 10.1. The number of benzene rings is 1. The first-order chi connectivity index (χ1) is 12.0. The third-order valence-electron chi connectivity index (χ3n) is 3.07. The van der Waals surface area contributed by atoms with Crippen LogP contribution < -0.4 is 16.4 Å². The zero-order valence-electron chi connectivity index (χ0n) is 13.6. The van der Waals surface area contributed by atoms with Gasteiger partial charge in [0.25, 0.3) is 0 Å². The molecule has 0 radical (unpaired) electrons. The van der Waals surface area contributed by atoms with Crippen LogP contribution in [0.2, 0.25) is 0 Å². The van der Waals surface area contributed by atoms with E-state index in [1.54, 1.807) is 12.1 Å². The predicted molar refractivity (Wildman–Crippen MR) is 89.0 cm³/mol. The number of rotatable bonds is 10. The summed E-state index contributed by atoms with van der Waals surface area (Å²) < 4.78 is 5.06. The highest BCUT2D eigenvalue weighted by molar-refractivity contribution is 5.88. The molecule has 0 saturated heterocycles. The fourth-order valence-corrected chi connectivity index (χ4v) is 1.88. The van der Waals surface area contributed by atoms with Gasteiger partial charge in [-0.3, -0.25) is 9.59 Å². The minimum absolute atomic E-state index is 0.0566. The van der Waals surface area contributed by atoms with Crippen molar-refractivity contribution in [3.63, 3.8) is 0 Å². The van der Waals surface area contributed by atoms with Crippen LogP contribution in [0.3, 0.4) is 0 Å². The van der Waals surface area contributed by atoms with Crippen molar-refractivity contribution in [3.8, 4) is 0 Å². The number of hydrogen-bond donors (Lipinski definition) is 3. The summed E-state index contributed by atoms with van der Waals surface area (Å²) >= 11 is 0. The Bertz CT molecular complexity index is 630. The van der Waals surface area contributed by atoms with Gasteiger partial charge >= 0.3 is 6.09 Å². The smallest absolute Gasteiger partial charge is 0.408 e. The van der Waals surface area contributed by atoms with Gasteiger partial charge in [-0.2, -0.15) is 0 Å². The highest BCUT2D eigenvalue weighted by Crippen LogP contribution is 2.03. The lowest BCUT2D eigenvalue weighted by Crippen LogP contribution is -2.48. The Morgan fingerprint density at radius 1 is 1.28 bits per heavy atom. The average molecular weight is 348 g/mol. The molecule has 0 aliphatic carbocycles. The lowest BCUT2D eigenvalue weighted by molar-refractivity contribution is -0.126. The number of nitrogens with zero attached hydrogens (tertiary/aromatic N) is 3. The zero-order valence-corrected chi connectivity index (χ0v) is 13.6. The maximum Gasteiger partial charge on any atom is 0.408 e. The van der Waals surface area contributed by atoms with Crippen molar-refractivity contribution >= 4 is 17.9 Å². The SMILES string of the molecule is [N-]=[N+]=NCCC[C@H](NC(=O)OCc1ccccc1)C(=O)NCC(N)=O. The summed E-state index contributed by atoms with van der Waals surface area (Å²) in [5.74, 6) is -1.27. The van der Waals surface area contributed by atoms with Crippen LogP contribution in [0.15, 0.2) is 35.4 Å². The summed E-state index contributed by atoms with van der Waals surface area (Å²) in [7, 11) is 0. The van der Waals surface area contributed by atoms with Crippen molar-refractivity contribution in [2.75, 3.05) is 13.1 Å². The van der Waals surface area contributed by atoms with Crippen LogP contribution in [-0.2, 0) is 20.9 Å². The highest BCUT2D eigenvalue weighted by atomic mass is 16.5. The third kappa shape index (κ3) is 8.82. The van der Waals surface area contributed by atoms with Crippen LogP contribution in [0.1, 0.15) is 18.4 Å². The quantitative estimate of drug-likeness (QED) is 0.249. The van der Waals surface area contributed by atoms with Gasteiger partial charge in [0.1, 0.15) is 12.6 Å². The molecule has 10 heteroatoms. The van der Waals surface area contributed by atoms with Gasteiger partial charge in [-0.25, -0.2) is 4.79 Å². The number of primary amides is 1. The molecule has 0 aromatic heterocycles. The number of hydrogen-bond acceptors (Lipinski definition) is 5. The van der Waals surface area contributed by atoms with E-state index in [2.05, 4.69) is 20.7 Å². The van der Waals surface area contributed by atoms with E-state index in [0.29, 0.717) is 6.42 Å². The van der Waals surface area contributed by atoms with Crippen LogP contribution in [0.5, 0.6) is 0 Å². The summed E-state index contributed by atoms with van der Waals surface area (Å²) in [6.07, 6.45) is -0.186. The second-order valence-corrected chi connectivity index (χ2v) is 5.04. The first-order valence-electron chi connectivity index (χ1n) is 7.57. The minimum atomic E-state index is -0.934. The van der Waals surface area contributed by atoms with Gasteiger partial charge in [0, 0.05) is 11.5 Å². The van der Waals surface area contributed by atoms with Gasteiger partial charge in [0.15, 0.2) is 0 Å². The zero-order chi connectivity index (χ0) is 18.5. The van der Waals surface area contributed by atoms with Crippen molar-refractivity contribution in [2.24, 2.45) is 10.8 Å². The topological polar surface area (TPSA) is 159 Å². The normalized spacial score (nSPS) is 10.9. The van der Waals surface area contributed by atoms with Gasteiger partial charge in [-0.05, 0) is 23.9 Å². The molecule has 134 valence electrons. The Hall–Kier alpha value is -3.26. The number of azide groups is 1. The molecule has 1 aromatic carbocycles. The molecular weight excluding hydrogens is 328 g/mol. The minimum Gasteiger partial charge on any atom is -0.445 e. The molecule has 0 fully saturated rings. The maximum atomic E-state index is 12.0. The average Bonchev–Trinajstić information content (AvgIpc) is 2.61. The van der Waals surface area contributed by atoms with Crippen LogP contribution >= 0.6 is 0 Å². The van der Waals surface area contributed by atoms with E-state index < -0.39 is 23.9 Å². The summed E-state index contributed by atoms with van der Waals surface area (Å²) in [6, 6.07) is 8.12. The predicted octanol–water partition coefficient (Wildman–Crippen LogP) is 0.973. The molecule has 0 aliphatic heterocycles. The number of alkyl carbamates (subject to hydrolysis) is 1. The monoisotopic (exact) mass is 348 g/mol. The molecule has 10 nitrogen and oxygen atoms in total. The third-order valence-corrected chi connectivity index (χ3v) is 3.07. The molecule has 1 atom stereocenters. The molecule has 0 saturated carbocycles. The summed E-state index contributed by atoms with van der Waals surface area (Å²) in [5, 5.41) is 8.11. The molecule has 0 unspecified atom stereocenters. The summed E-state index contributed by atoms with van der Waals surface area (Å²) in [5.41, 5.74) is 14.0. The Morgan fingerprint density at radius 2 is 2.00 bits per heavy atom. The van der Waals surface area contributed by atoms with Crippen molar-refractivity contribution in [3.05, 3.63) is 46.3 Å². The largest absolute Gasteiger partial charge is 0.445 e. The number of nitrogens with one attached hydrogen (secondary N) is 2. The first-order valence-corrected chi connectivity index (χ1v) is 7.57. The van der Waals surface area contributed by atoms with Crippen LogP contribution in [0.4, 0.5) is 4.79 Å². The molecule has 0 heterocycles. The molecule has 0 bridgehead atoms. The standard InChI is InChI=1S/C15H20N6O4/c16-13(22)9-18-14(23)12(7-4-8-19-21-17)20-15(24)25-10-11-5-2-1-3-6-11/h1-3,5-6,12H,4,7-10H2,(H2,16,22)(H,18,23)(H,20,24)/t12-/m0/s1. The van der Waals surface area contributed by atoms with E-state index in [1.165, 1.54) is 0 Å². The van der Waals surface area contributed by atoms with Crippen molar-refractivity contribution < 1.29 is 19.1 Å². The van der Waals surface area contributed by atoms with E-state index in [0.717, 1.165) is 5.56 Å². The van der Waals surface area contributed by atoms with Crippen LogP contribution in [0.25, 0.3) is 10.4 Å².